The maximum Gasteiger partial charge on any atom is 0.254 e. The van der Waals surface area contributed by atoms with E-state index in [9.17, 15) is 4.79 Å². The lowest BCUT2D eigenvalue weighted by molar-refractivity contribution is 0.0919. The van der Waals surface area contributed by atoms with Crippen LogP contribution in [-0.4, -0.2) is 28.5 Å². The Morgan fingerprint density at radius 2 is 1.87 bits per heavy atom. The van der Waals surface area contributed by atoms with Crippen LogP contribution in [0, 0.1) is 0 Å². The lowest BCUT2D eigenvalue weighted by Crippen LogP contribution is -2.40. The second kappa shape index (κ2) is 6.83. The van der Waals surface area contributed by atoms with E-state index in [1.54, 1.807) is 25.3 Å². The van der Waals surface area contributed by atoms with Crippen molar-refractivity contribution in [2.75, 3.05) is 12.4 Å². The Labute approximate surface area is 140 Å². The van der Waals surface area contributed by atoms with Gasteiger partial charge >= 0.3 is 0 Å². The van der Waals surface area contributed by atoms with Crippen molar-refractivity contribution < 1.29 is 9.53 Å². The Morgan fingerprint density at radius 3 is 2.39 bits per heavy atom. The highest BCUT2D eigenvalue weighted by Gasteiger charge is 2.15. The van der Waals surface area contributed by atoms with Gasteiger partial charge in [-0.1, -0.05) is 11.6 Å². The highest BCUT2D eigenvalue weighted by Crippen LogP contribution is 2.28. The minimum atomic E-state index is -0.312. The Hall–Kier alpha value is -2.34. The fraction of sp³-hybridized carbons (Fsp3) is 0.312. The van der Waals surface area contributed by atoms with Crippen molar-refractivity contribution in [2.24, 2.45) is 0 Å². The van der Waals surface area contributed by atoms with Gasteiger partial charge in [0.1, 0.15) is 5.75 Å². The van der Waals surface area contributed by atoms with E-state index in [-0.39, 0.29) is 11.4 Å². The van der Waals surface area contributed by atoms with Crippen LogP contribution < -0.4 is 15.4 Å². The summed E-state index contributed by atoms with van der Waals surface area (Å²) in [5.74, 6) is 0.752. The monoisotopic (exact) mass is 334 g/mol. The van der Waals surface area contributed by atoms with Gasteiger partial charge in [0.05, 0.1) is 17.7 Å². The molecule has 23 heavy (non-hydrogen) atoms. The van der Waals surface area contributed by atoms with Crippen molar-refractivity contribution in [3.8, 4) is 5.75 Å². The van der Waals surface area contributed by atoms with Gasteiger partial charge in [0.15, 0.2) is 0 Å². The molecule has 2 aromatic rings. The van der Waals surface area contributed by atoms with Crippen molar-refractivity contribution in [1.82, 2.24) is 15.3 Å². The summed E-state index contributed by atoms with van der Waals surface area (Å²) in [5, 5.41) is 6.36. The molecule has 2 N–H and O–H groups in total. The zero-order chi connectivity index (χ0) is 17.0. The summed E-state index contributed by atoms with van der Waals surface area (Å²) in [5.41, 5.74) is 0.814. The molecule has 0 fully saturated rings. The lowest BCUT2D eigenvalue weighted by atomic mass is 10.1. The van der Waals surface area contributed by atoms with E-state index in [1.807, 2.05) is 20.8 Å². The quantitative estimate of drug-likeness (QED) is 0.896. The molecule has 122 valence electrons. The molecular weight excluding hydrogens is 316 g/mol. The van der Waals surface area contributed by atoms with E-state index in [2.05, 4.69) is 20.6 Å². The minimum absolute atomic E-state index is 0.212. The number of ether oxygens (including phenoxy) is 1. The van der Waals surface area contributed by atoms with Crippen LogP contribution in [0.4, 0.5) is 11.6 Å². The molecule has 0 atom stereocenters. The number of amides is 1. The van der Waals surface area contributed by atoms with Crippen LogP contribution in [0.15, 0.2) is 30.6 Å². The number of carbonyl (C=O) groups is 1. The summed E-state index contributed by atoms with van der Waals surface area (Å²) in [6.45, 7) is 5.74. The molecule has 0 aliphatic rings. The normalized spacial score (nSPS) is 11.0. The van der Waals surface area contributed by atoms with Crippen LogP contribution >= 0.6 is 11.6 Å². The Bertz CT molecular complexity index is 696. The molecule has 0 bridgehead atoms. The van der Waals surface area contributed by atoms with Crippen LogP contribution in [0.3, 0.4) is 0 Å². The van der Waals surface area contributed by atoms with Crippen molar-refractivity contribution >= 4 is 29.1 Å². The van der Waals surface area contributed by atoms with Gasteiger partial charge in [0.2, 0.25) is 5.95 Å². The third kappa shape index (κ3) is 4.82. The van der Waals surface area contributed by atoms with Crippen LogP contribution in [0.2, 0.25) is 5.02 Å². The molecule has 0 spiro atoms. The summed E-state index contributed by atoms with van der Waals surface area (Å²) in [6.07, 6.45) is 2.95. The van der Waals surface area contributed by atoms with Crippen LogP contribution in [0.1, 0.15) is 31.1 Å². The Kier molecular flexibility index (Phi) is 5.05. The number of carbonyl (C=O) groups excluding carboxylic acids is 1. The molecule has 0 saturated heterocycles. The molecule has 1 heterocycles. The number of nitrogens with zero attached hydrogens (tertiary/aromatic N) is 2. The average Bonchev–Trinajstić information content (AvgIpc) is 2.46. The molecule has 0 unspecified atom stereocenters. The van der Waals surface area contributed by atoms with Gasteiger partial charge in [-0.05, 0) is 39.0 Å². The predicted molar refractivity (Wildman–Crippen MR) is 90.5 cm³/mol. The highest BCUT2D eigenvalue weighted by molar-refractivity contribution is 6.32. The SMILES string of the molecule is COc1ccc(Nc2ncc(C(=O)NC(C)(C)C)cn2)cc1Cl. The zero-order valence-electron chi connectivity index (χ0n) is 13.5. The number of methoxy groups -OCH3 is 1. The number of rotatable bonds is 4. The second-order valence-corrected chi connectivity index (χ2v) is 6.38. The van der Waals surface area contributed by atoms with E-state index in [0.717, 1.165) is 5.69 Å². The Morgan fingerprint density at radius 1 is 1.22 bits per heavy atom. The third-order valence-electron chi connectivity index (χ3n) is 2.81. The second-order valence-electron chi connectivity index (χ2n) is 5.97. The third-order valence-corrected chi connectivity index (χ3v) is 3.11. The van der Waals surface area contributed by atoms with Crippen LogP contribution in [0.25, 0.3) is 0 Å². The van der Waals surface area contributed by atoms with Gasteiger partial charge in [-0.25, -0.2) is 9.97 Å². The molecule has 0 saturated carbocycles. The molecule has 2 rings (SSSR count). The molecule has 6 nitrogen and oxygen atoms in total. The van der Waals surface area contributed by atoms with Gasteiger partial charge in [-0.15, -0.1) is 0 Å². The molecule has 0 aliphatic heterocycles. The fourth-order valence-electron chi connectivity index (χ4n) is 1.80. The number of hydrogen-bond acceptors (Lipinski definition) is 5. The minimum Gasteiger partial charge on any atom is -0.495 e. The molecular formula is C16H19ClN4O2. The van der Waals surface area contributed by atoms with E-state index in [0.29, 0.717) is 22.3 Å². The summed E-state index contributed by atoms with van der Waals surface area (Å²) < 4.78 is 5.10. The van der Waals surface area contributed by atoms with E-state index in [4.69, 9.17) is 16.3 Å². The van der Waals surface area contributed by atoms with Gasteiger partial charge in [-0.3, -0.25) is 4.79 Å². The van der Waals surface area contributed by atoms with Gasteiger partial charge in [0, 0.05) is 23.6 Å². The first-order valence-corrected chi connectivity index (χ1v) is 7.41. The smallest absolute Gasteiger partial charge is 0.254 e. The highest BCUT2D eigenvalue weighted by atomic mass is 35.5. The summed E-state index contributed by atoms with van der Waals surface area (Å²) >= 11 is 6.07. The number of anilines is 2. The fourth-order valence-corrected chi connectivity index (χ4v) is 2.05. The van der Waals surface area contributed by atoms with Crippen LogP contribution in [-0.2, 0) is 0 Å². The predicted octanol–water partition coefficient (Wildman–Crippen LogP) is 3.41. The molecule has 0 radical (unpaired) electrons. The standard InChI is InChI=1S/C16H19ClN4O2/c1-16(2,3)21-14(22)10-8-18-15(19-9-10)20-11-5-6-13(23-4)12(17)7-11/h5-9H,1-4H3,(H,21,22)(H,18,19,20). The van der Waals surface area contributed by atoms with Crippen molar-refractivity contribution in [1.29, 1.82) is 0 Å². The average molecular weight is 335 g/mol. The van der Waals surface area contributed by atoms with Crippen molar-refractivity contribution in [3.05, 3.63) is 41.2 Å². The zero-order valence-corrected chi connectivity index (χ0v) is 14.2. The molecule has 0 aliphatic carbocycles. The van der Waals surface area contributed by atoms with Crippen LogP contribution in [0.5, 0.6) is 5.75 Å². The van der Waals surface area contributed by atoms with Gasteiger partial charge in [0.25, 0.3) is 5.91 Å². The number of aromatic nitrogens is 2. The molecule has 1 aromatic heterocycles. The first-order valence-electron chi connectivity index (χ1n) is 7.03. The first kappa shape index (κ1) is 17.0. The molecule has 7 heteroatoms. The van der Waals surface area contributed by atoms with E-state index in [1.165, 1.54) is 12.4 Å². The number of halogens is 1. The number of nitrogens with one attached hydrogen (secondary N) is 2. The summed E-state index contributed by atoms with van der Waals surface area (Å²) in [6, 6.07) is 5.26. The lowest BCUT2D eigenvalue weighted by Gasteiger charge is -2.20. The van der Waals surface area contributed by atoms with Gasteiger partial charge < -0.3 is 15.4 Å². The maximum absolute atomic E-state index is 12.0. The number of benzene rings is 1. The summed E-state index contributed by atoms with van der Waals surface area (Å²) in [7, 11) is 1.55. The van der Waals surface area contributed by atoms with Gasteiger partial charge in [-0.2, -0.15) is 0 Å². The molecule has 1 amide bonds. The van der Waals surface area contributed by atoms with Crippen molar-refractivity contribution in [2.45, 2.75) is 26.3 Å². The molecule has 1 aromatic carbocycles. The number of hydrogen-bond donors (Lipinski definition) is 2. The Balaban J connectivity index is 2.08. The van der Waals surface area contributed by atoms with E-state index >= 15 is 0 Å². The maximum atomic E-state index is 12.0. The van der Waals surface area contributed by atoms with Crippen molar-refractivity contribution in [3.63, 3.8) is 0 Å². The topological polar surface area (TPSA) is 76.1 Å². The first-order chi connectivity index (χ1) is 10.8. The largest absolute Gasteiger partial charge is 0.495 e. The van der Waals surface area contributed by atoms with E-state index < -0.39 is 0 Å². The summed E-state index contributed by atoms with van der Waals surface area (Å²) in [4.78, 5) is 20.3.